The highest BCUT2D eigenvalue weighted by molar-refractivity contribution is 7.22. The molecule has 0 saturated carbocycles. The zero-order valence-corrected chi connectivity index (χ0v) is 21.6. The number of carbonyl (C=O) groups excluding carboxylic acids is 2. The number of benzene rings is 1. The van der Waals surface area contributed by atoms with Crippen molar-refractivity contribution in [3.63, 3.8) is 0 Å². The number of para-hydroxylation sites is 1. The third kappa shape index (κ3) is 5.35. The van der Waals surface area contributed by atoms with Crippen molar-refractivity contribution >= 4 is 49.9 Å². The lowest BCUT2D eigenvalue weighted by atomic mass is 10.0. The van der Waals surface area contributed by atoms with Crippen molar-refractivity contribution in [1.82, 2.24) is 15.2 Å². The number of ether oxygens (including phenoxy) is 2. The quantitative estimate of drug-likeness (QED) is 0.455. The molecule has 10 heteroatoms. The third-order valence-electron chi connectivity index (χ3n) is 6.52. The maximum absolute atomic E-state index is 12.8. The van der Waals surface area contributed by atoms with Crippen molar-refractivity contribution in [3.05, 3.63) is 34.7 Å². The van der Waals surface area contributed by atoms with E-state index in [4.69, 9.17) is 14.5 Å². The number of fused-ring (bicyclic) bond motifs is 2. The van der Waals surface area contributed by atoms with Crippen LogP contribution in [0.15, 0.2) is 24.3 Å². The predicted molar refractivity (Wildman–Crippen MR) is 139 cm³/mol. The SMILES string of the molecule is CCC(C)NC(=O)OCCC(=O)Nc1sc2c(c1-c1nc3ccccc3s1)CCN(C1COC1)C2. The summed E-state index contributed by atoms with van der Waals surface area (Å²) in [6.45, 7) is 7.35. The molecule has 2 aliphatic rings. The van der Waals surface area contributed by atoms with Crippen molar-refractivity contribution in [1.29, 1.82) is 0 Å². The molecule has 2 amide bonds. The van der Waals surface area contributed by atoms with E-state index >= 15 is 0 Å². The molecule has 1 atom stereocenters. The summed E-state index contributed by atoms with van der Waals surface area (Å²) in [6, 6.07) is 8.63. The average Bonchev–Trinajstić information content (AvgIpc) is 3.37. The van der Waals surface area contributed by atoms with Gasteiger partial charge in [-0.15, -0.1) is 22.7 Å². The smallest absolute Gasteiger partial charge is 0.407 e. The molecule has 1 unspecified atom stereocenters. The maximum atomic E-state index is 12.8. The number of hydrogen-bond donors (Lipinski definition) is 2. The van der Waals surface area contributed by atoms with Crippen molar-refractivity contribution in [3.8, 4) is 10.6 Å². The summed E-state index contributed by atoms with van der Waals surface area (Å²) in [5, 5.41) is 7.60. The molecule has 2 aromatic heterocycles. The Labute approximate surface area is 212 Å². The predicted octanol–water partition coefficient (Wildman–Crippen LogP) is 4.64. The molecular formula is C25H30N4O4S2. The van der Waals surface area contributed by atoms with Crippen molar-refractivity contribution in [2.45, 2.75) is 51.7 Å². The standard InChI is InChI=1S/C25H30N4O4S2/c1-3-15(2)26-25(31)33-11-9-21(30)28-24-22(23-27-18-6-4-5-7-19(18)34-23)17-8-10-29(12-20(17)35-24)16-13-32-14-16/h4-7,15-16H,3,8-14H2,1-2H3,(H,26,31)(H,28,30). The Morgan fingerprint density at radius 2 is 2.11 bits per heavy atom. The van der Waals surface area contributed by atoms with E-state index in [1.807, 2.05) is 32.0 Å². The molecule has 2 aliphatic heterocycles. The summed E-state index contributed by atoms with van der Waals surface area (Å²) < 4.78 is 11.7. The van der Waals surface area contributed by atoms with Gasteiger partial charge in [-0.05, 0) is 37.5 Å². The number of thiophene rings is 1. The van der Waals surface area contributed by atoms with E-state index < -0.39 is 6.09 Å². The fourth-order valence-electron chi connectivity index (χ4n) is 4.23. The van der Waals surface area contributed by atoms with Crippen LogP contribution >= 0.6 is 22.7 Å². The summed E-state index contributed by atoms with van der Waals surface area (Å²) in [5.41, 5.74) is 3.29. The Morgan fingerprint density at radius 3 is 2.86 bits per heavy atom. The van der Waals surface area contributed by atoms with Crippen LogP contribution in [0, 0.1) is 0 Å². The summed E-state index contributed by atoms with van der Waals surface area (Å²) in [7, 11) is 0. The van der Waals surface area contributed by atoms with Gasteiger partial charge in [0.2, 0.25) is 5.91 Å². The van der Waals surface area contributed by atoms with Gasteiger partial charge in [0, 0.05) is 29.6 Å². The van der Waals surface area contributed by atoms with Gasteiger partial charge in [-0.3, -0.25) is 9.69 Å². The van der Waals surface area contributed by atoms with Crippen LogP contribution in [0.25, 0.3) is 20.8 Å². The second-order valence-corrected chi connectivity index (χ2v) is 11.1. The van der Waals surface area contributed by atoms with Gasteiger partial charge in [0.05, 0.1) is 35.9 Å². The molecule has 3 aromatic rings. The second kappa shape index (κ2) is 10.6. The number of nitrogens with one attached hydrogen (secondary N) is 2. The van der Waals surface area contributed by atoms with Crippen LogP contribution in [0.4, 0.5) is 9.80 Å². The largest absolute Gasteiger partial charge is 0.449 e. The second-order valence-electron chi connectivity index (χ2n) is 8.99. The number of aromatic nitrogens is 1. The lowest BCUT2D eigenvalue weighted by molar-refractivity contribution is -0.116. The number of alkyl carbamates (subject to hydrolysis) is 1. The highest BCUT2D eigenvalue weighted by Crippen LogP contribution is 2.46. The van der Waals surface area contributed by atoms with E-state index in [1.165, 1.54) is 10.4 Å². The minimum absolute atomic E-state index is 0.0329. The first kappa shape index (κ1) is 24.2. The Hall–Kier alpha value is -2.53. The van der Waals surface area contributed by atoms with Crippen LogP contribution in [-0.4, -0.2) is 60.3 Å². The molecule has 1 fully saturated rings. The Bertz CT molecular complexity index is 1190. The van der Waals surface area contributed by atoms with Crippen molar-refractivity contribution < 1.29 is 19.1 Å². The molecule has 1 saturated heterocycles. The number of rotatable bonds is 8. The van der Waals surface area contributed by atoms with Gasteiger partial charge in [0.1, 0.15) is 16.6 Å². The van der Waals surface area contributed by atoms with Gasteiger partial charge < -0.3 is 20.1 Å². The molecule has 8 nitrogen and oxygen atoms in total. The number of anilines is 1. The van der Waals surface area contributed by atoms with Crippen LogP contribution < -0.4 is 10.6 Å². The summed E-state index contributed by atoms with van der Waals surface area (Å²) in [4.78, 5) is 33.3. The number of hydrogen-bond acceptors (Lipinski definition) is 8. The zero-order chi connectivity index (χ0) is 24.4. The molecule has 5 rings (SSSR count). The van der Waals surface area contributed by atoms with E-state index in [9.17, 15) is 9.59 Å². The molecule has 0 radical (unpaired) electrons. The third-order valence-corrected chi connectivity index (χ3v) is 8.71. The van der Waals surface area contributed by atoms with Crippen LogP contribution in [0.3, 0.4) is 0 Å². The molecule has 0 bridgehead atoms. The molecule has 0 aliphatic carbocycles. The minimum atomic E-state index is -0.492. The Kier molecular flexibility index (Phi) is 7.33. The van der Waals surface area contributed by atoms with Crippen molar-refractivity contribution in [2.75, 3.05) is 31.7 Å². The normalized spacial score (nSPS) is 17.0. The van der Waals surface area contributed by atoms with E-state index in [2.05, 4.69) is 21.6 Å². The lowest BCUT2D eigenvalue weighted by Crippen LogP contribution is -2.50. The van der Waals surface area contributed by atoms with Gasteiger partial charge >= 0.3 is 6.09 Å². The first-order valence-corrected chi connectivity index (χ1v) is 13.7. The van der Waals surface area contributed by atoms with Gasteiger partial charge in [-0.1, -0.05) is 19.1 Å². The fraction of sp³-hybridized carbons (Fsp3) is 0.480. The maximum Gasteiger partial charge on any atom is 0.407 e. The molecule has 1 aromatic carbocycles. The number of carbonyl (C=O) groups is 2. The van der Waals surface area contributed by atoms with E-state index in [-0.39, 0.29) is 25.0 Å². The molecule has 186 valence electrons. The molecule has 4 heterocycles. The minimum Gasteiger partial charge on any atom is -0.449 e. The summed E-state index contributed by atoms with van der Waals surface area (Å²) in [6.07, 6.45) is 1.34. The number of nitrogens with zero attached hydrogens (tertiary/aromatic N) is 2. The van der Waals surface area contributed by atoms with Gasteiger partial charge in [-0.2, -0.15) is 0 Å². The van der Waals surface area contributed by atoms with Crippen LogP contribution in [0.5, 0.6) is 0 Å². The Morgan fingerprint density at radius 1 is 1.29 bits per heavy atom. The summed E-state index contributed by atoms with van der Waals surface area (Å²) in [5.74, 6) is -0.174. The summed E-state index contributed by atoms with van der Waals surface area (Å²) >= 11 is 3.29. The molecule has 35 heavy (non-hydrogen) atoms. The monoisotopic (exact) mass is 514 g/mol. The van der Waals surface area contributed by atoms with Crippen LogP contribution in [-0.2, 0) is 27.2 Å². The highest BCUT2D eigenvalue weighted by Gasteiger charge is 2.33. The fourth-order valence-corrected chi connectivity index (χ4v) is 6.63. The molecule has 2 N–H and O–H groups in total. The van der Waals surface area contributed by atoms with Gasteiger partial charge in [-0.25, -0.2) is 9.78 Å². The Balaban J connectivity index is 1.34. The van der Waals surface area contributed by atoms with E-state index in [0.717, 1.165) is 64.9 Å². The van der Waals surface area contributed by atoms with E-state index in [1.54, 1.807) is 22.7 Å². The van der Waals surface area contributed by atoms with Crippen LogP contribution in [0.2, 0.25) is 0 Å². The first-order chi connectivity index (χ1) is 17.0. The molecular weight excluding hydrogens is 484 g/mol. The van der Waals surface area contributed by atoms with Gasteiger partial charge in [0.25, 0.3) is 0 Å². The first-order valence-electron chi connectivity index (χ1n) is 12.1. The van der Waals surface area contributed by atoms with Crippen LogP contribution in [0.1, 0.15) is 37.1 Å². The number of thiazole rings is 1. The van der Waals surface area contributed by atoms with Gasteiger partial charge in [0.15, 0.2) is 0 Å². The topological polar surface area (TPSA) is 92.8 Å². The zero-order valence-electron chi connectivity index (χ0n) is 20.0. The van der Waals surface area contributed by atoms with E-state index in [0.29, 0.717) is 6.04 Å². The highest BCUT2D eigenvalue weighted by atomic mass is 32.1. The molecule has 0 spiro atoms. The lowest BCUT2D eigenvalue weighted by Gasteiger charge is -2.39. The average molecular weight is 515 g/mol. The number of amides is 2. The van der Waals surface area contributed by atoms with Crippen molar-refractivity contribution in [2.24, 2.45) is 0 Å².